The third-order valence-corrected chi connectivity index (χ3v) is 3.13. The molecule has 0 aliphatic rings. The molecule has 0 fully saturated rings. The minimum absolute atomic E-state index is 0.425. The van der Waals surface area contributed by atoms with Gasteiger partial charge in [-0.1, -0.05) is 0 Å². The Kier molecular flexibility index (Phi) is 3.06. The van der Waals surface area contributed by atoms with Gasteiger partial charge in [-0.2, -0.15) is 0 Å². The van der Waals surface area contributed by atoms with Crippen molar-refractivity contribution in [2.45, 2.75) is 26.3 Å². The second-order valence-corrected chi connectivity index (χ2v) is 4.44. The molecule has 4 heteroatoms. The Hall–Kier alpha value is -0.870. The van der Waals surface area contributed by atoms with Crippen molar-refractivity contribution in [3.63, 3.8) is 0 Å². The van der Waals surface area contributed by atoms with Crippen LogP contribution in [0.4, 0.5) is 0 Å². The first-order valence-corrected chi connectivity index (χ1v) is 4.86. The average molecular weight is 199 g/mol. The minimum atomic E-state index is -0.941. The van der Waals surface area contributed by atoms with Gasteiger partial charge in [0.25, 0.3) is 0 Å². The van der Waals surface area contributed by atoms with Crippen LogP contribution in [0.2, 0.25) is 0 Å². The molecule has 3 N–H and O–H groups in total. The first-order chi connectivity index (χ1) is 6.00. The van der Waals surface area contributed by atoms with Crippen LogP contribution >= 0.6 is 11.3 Å². The van der Waals surface area contributed by atoms with Crippen molar-refractivity contribution in [2.24, 2.45) is 5.73 Å². The lowest BCUT2D eigenvalue weighted by molar-refractivity contribution is -0.138. The molecule has 1 rings (SSSR count). The highest BCUT2D eigenvalue weighted by Gasteiger charge is 2.13. The quantitative estimate of drug-likeness (QED) is 0.771. The largest absolute Gasteiger partial charge is 0.480 e. The first-order valence-electron chi connectivity index (χ1n) is 4.05. The van der Waals surface area contributed by atoms with Crippen LogP contribution in [-0.2, 0) is 11.2 Å². The second kappa shape index (κ2) is 3.89. The van der Waals surface area contributed by atoms with Gasteiger partial charge in [0.2, 0.25) is 0 Å². The van der Waals surface area contributed by atoms with Gasteiger partial charge in [0.05, 0.1) is 0 Å². The second-order valence-electron chi connectivity index (χ2n) is 3.10. The summed E-state index contributed by atoms with van der Waals surface area (Å²) in [7, 11) is 0. The number of carbonyl (C=O) groups is 1. The Labute approximate surface area is 81.2 Å². The van der Waals surface area contributed by atoms with Gasteiger partial charge in [-0.15, -0.1) is 11.3 Å². The summed E-state index contributed by atoms with van der Waals surface area (Å²) in [5.41, 5.74) is 6.62. The van der Waals surface area contributed by atoms with Gasteiger partial charge in [-0.3, -0.25) is 4.79 Å². The number of aryl methyl sites for hydroxylation is 2. The molecule has 72 valence electrons. The molecule has 0 bridgehead atoms. The Morgan fingerprint density at radius 2 is 2.31 bits per heavy atom. The van der Waals surface area contributed by atoms with Gasteiger partial charge < -0.3 is 10.8 Å². The Bertz CT molecular complexity index is 300. The van der Waals surface area contributed by atoms with Gasteiger partial charge in [-0.05, 0) is 25.5 Å². The highest BCUT2D eigenvalue weighted by atomic mass is 32.1. The van der Waals surface area contributed by atoms with Crippen LogP contribution in [0.5, 0.6) is 0 Å². The van der Waals surface area contributed by atoms with Gasteiger partial charge in [0, 0.05) is 16.2 Å². The van der Waals surface area contributed by atoms with E-state index < -0.39 is 12.0 Å². The number of aliphatic carboxylic acids is 1. The van der Waals surface area contributed by atoms with Crippen molar-refractivity contribution in [2.75, 3.05) is 0 Å². The maximum absolute atomic E-state index is 10.5. The van der Waals surface area contributed by atoms with Crippen molar-refractivity contribution < 1.29 is 9.90 Å². The van der Waals surface area contributed by atoms with Crippen LogP contribution < -0.4 is 5.73 Å². The molecule has 1 heterocycles. The highest BCUT2D eigenvalue weighted by molar-refractivity contribution is 7.12. The molecular weight excluding hydrogens is 186 g/mol. The minimum Gasteiger partial charge on any atom is -0.480 e. The van der Waals surface area contributed by atoms with Crippen LogP contribution in [-0.4, -0.2) is 17.1 Å². The number of hydrogen-bond acceptors (Lipinski definition) is 3. The van der Waals surface area contributed by atoms with E-state index in [9.17, 15) is 4.79 Å². The summed E-state index contributed by atoms with van der Waals surface area (Å²) < 4.78 is 0. The molecule has 0 radical (unpaired) electrons. The number of rotatable bonds is 3. The summed E-state index contributed by atoms with van der Waals surface area (Å²) in [5.74, 6) is -0.941. The SMILES string of the molecule is Cc1cc(C[C@@H](N)C(=O)O)sc1C. The van der Waals surface area contributed by atoms with E-state index in [1.807, 2.05) is 19.9 Å². The van der Waals surface area contributed by atoms with Crippen LogP contribution in [0.3, 0.4) is 0 Å². The fourth-order valence-electron chi connectivity index (χ4n) is 1.05. The zero-order valence-electron chi connectivity index (χ0n) is 7.70. The maximum atomic E-state index is 10.5. The fourth-order valence-corrected chi connectivity index (χ4v) is 2.17. The van der Waals surface area contributed by atoms with Crippen molar-refractivity contribution in [1.29, 1.82) is 0 Å². The number of carboxylic acid groups (broad SMARTS) is 1. The zero-order chi connectivity index (χ0) is 10.0. The number of nitrogens with two attached hydrogens (primary N) is 1. The van der Waals surface area contributed by atoms with Crippen LogP contribution in [0, 0.1) is 13.8 Å². The lowest BCUT2D eigenvalue weighted by atomic mass is 10.2. The molecule has 1 aromatic rings. The molecule has 3 nitrogen and oxygen atoms in total. The summed E-state index contributed by atoms with van der Waals surface area (Å²) in [4.78, 5) is 12.8. The Balaban J connectivity index is 2.69. The van der Waals surface area contributed by atoms with E-state index in [1.54, 1.807) is 11.3 Å². The Morgan fingerprint density at radius 1 is 1.69 bits per heavy atom. The number of thiophene rings is 1. The van der Waals surface area contributed by atoms with E-state index in [0.29, 0.717) is 6.42 Å². The first kappa shape index (κ1) is 10.2. The summed E-state index contributed by atoms with van der Waals surface area (Å²) >= 11 is 1.62. The third kappa shape index (κ3) is 2.54. The van der Waals surface area contributed by atoms with Gasteiger partial charge in [0.15, 0.2) is 0 Å². The van der Waals surface area contributed by atoms with E-state index in [2.05, 4.69) is 0 Å². The maximum Gasteiger partial charge on any atom is 0.320 e. The topological polar surface area (TPSA) is 63.3 Å². The predicted octanol–water partition coefficient (Wildman–Crippen LogP) is 1.32. The van der Waals surface area contributed by atoms with E-state index >= 15 is 0 Å². The summed E-state index contributed by atoms with van der Waals surface area (Å²) in [6.07, 6.45) is 0.425. The van der Waals surface area contributed by atoms with Crippen LogP contribution in [0.15, 0.2) is 6.07 Å². The molecule has 1 atom stereocenters. The van der Waals surface area contributed by atoms with Crippen molar-refractivity contribution in [3.05, 3.63) is 21.4 Å². The lowest BCUT2D eigenvalue weighted by Crippen LogP contribution is -2.31. The molecule has 0 aliphatic carbocycles. The number of hydrogen-bond donors (Lipinski definition) is 2. The average Bonchev–Trinajstić information content (AvgIpc) is 2.31. The smallest absolute Gasteiger partial charge is 0.320 e. The van der Waals surface area contributed by atoms with Gasteiger partial charge in [-0.25, -0.2) is 0 Å². The molecular formula is C9H13NO2S. The molecule has 0 saturated carbocycles. The predicted molar refractivity (Wildman–Crippen MR) is 53.1 cm³/mol. The summed E-state index contributed by atoms with van der Waals surface area (Å²) in [6.45, 7) is 4.04. The number of carboxylic acids is 1. The third-order valence-electron chi connectivity index (χ3n) is 1.96. The van der Waals surface area contributed by atoms with Gasteiger partial charge in [0.1, 0.15) is 6.04 Å². The van der Waals surface area contributed by atoms with Gasteiger partial charge >= 0.3 is 5.97 Å². The Morgan fingerprint density at radius 3 is 2.69 bits per heavy atom. The van der Waals surface area contributed by atoms with E-state index in [-0.39, 0.29) is 0 Å². The molecule has 0 aliphatic heterocycles. The molecule has 0 saturated heterocycles. The zero-order valence-corrected chi connectivity index (χ0v) is 8.52. The molecule has 0 unspecified atom stereocenters. The molecule has 0 aromatic carbocycles. The molecule has 0 amide bonds. The molecule has 1 aromatic heterocycles. The fraction of sp³-hybridized carbons (Fsp3) is 0.444. The highest BCUT2D eigenvalue weighted by Crippen LogP contribution is 2.21. The van der Waals surface area contributed by atoms with E-state index in [4.69, 9.17) is 10.8 Å². The van der Waals surface area contributed by atoms with Crippen molar-refractivity contribution in [1.82, 2.24) is 0 Å². The van der Waals surface area contributed by atoms with E-state index in [1.165, 1.54) is 10.4 Å². The van der Waals surface area contributed by atoms with Crippen molar-refractivity contribution in [3.8, 4) is 0 Å². The summed E-state index contributed by atoms with van der Waals surface area (Å²) in [5, 5.41) is 8.60. The lowest BCUT2D eigenvalue weighted by Gasteiger charge is -2.02. The van der Waals surface area contributed by atoms with E-state index in [0.717, 1.165) is 4.88 Å². The van der Waals surface area contributed by atoms with Crippen molar-refractivity contribution >= 4 is 17.3 Å². The molecule has 0 spiro atoms. The molecule has 13 heavy (non-hydrogen) atoms. The normalized spacial score (nSPS) is 12.8. The standard InChI is InChI=1S/C9H13NO2S/c1-5-3-7(13-6(5)2)4-8(10)9(11)12/h3,8H,4,10H2,1-2H3,(H,11,12)/t8-/m1/s1. The van der Waals surface area contributed by atoms with Crippen LogP contribution in [0.25, 0.3) is 0 Å². The monoisotopic (exact) mass is 199 g/mol. The summed E-state index contributed by atoms with van der Waals surface area (Å²) in [6, 6.07) is 1.22. The van der Waals surface area contributed by atoms with Crippen LogP contribution in [0.1, 0.15) is 15.3 Å².